The van der Waals surface area contributed by atoms with E-state index in [0.29, 0.717) is 15.8 Å². The van der Waals surface area contributed by atoms with Crippen LogP contribution in [0.25, 0.3) is 0 Å². The van der Waals surface area contributed by atoms with Gasteiger partial charge in [0.2, 0.25) is 0 Å². The highest BCUT2D eigenvalue weighted by atomic mass is 32.1. The lowest BCUT2D eigenvalue weighted by molar-refractivity contribution is 0.0976. The molecule has 0 unspecified atom stereocenters. The predicted octanol–water partition coefficient (Wildman–Crippen LogP) is 2.29. The van der Waals surface area contributed by atoms with Crippen LogP contribution in [0.5, 0.6) is 0 Å². The van der Waals surface area contributed by atoms with Crippen LogP contribution in [-0.4, -0.2) is 35.8 Å². The van der Waals surface area contributed by atoms with Crippen molar-refractivity contribution in [3.63, 3.8) is 0 Å². The van der Waals surface area contributed by atoms with E-state index < -0.39 is 0 Å². The van der Waals surface area contributed by atoms with Crippen molar-refractivity contribution in [3.05, 3.63) is 35.9 Å². The Bertz CT molecular complexity index is 658. The zero-order valence-corrected chi connectivity index (χ0v) is 18.5. The Labute approximate surface area is 184 Å². The molecule has 0 atom stereocenters. The third kappa shape index (κ3) is 12.4. The average molecular weight is 436 g/mol. The lowest BCUT2D eigenvalue weighted by Crippen LogP contribution is -2.40. The molecule has 29 heavy (non-hydrogen) atoms. The maximum Gasteiger partial charge on any atom is 0.257 e. The fourth-order valence-corrected chi connectivity index (χ4v) is 2.55. The molecule has 7 N–H and O–H groups in total. The third-order valence-electron chi connectivity index (χ3n) is 4.80. The largest absolute Gasteiger partial charge is 0.376 e. The van der Waals surface area contributed by atoms with E-state index in [4.69, 9.17) is 23.7 Å². The molecule has 0 heterocycles. The molecule has 3 fully saturated rings. The lowest BCUT2D eigenvalue weighted by atomic mass is 10.2. The number of nitrogens with two attached hydrogens (primary N) is 2. The molecule has 0 spiro atoms. The van der Waals surface area contributed by atoms with E-state index >= 15 is 0 Å². The van der Waals surface area contributed by atoms with E-state index in [1.165, 1.54) is 38.5 Å². The predicted molar refractivity (Wildman–Crippen MR) is 127 cm³/mol. The Kier molecular flexibility index (Phi) is 10.3. The molecule has 3 aliphatic rings. The van der Waals surface area contributed by atoms with E-state index in [1.54, 1.807) is 12.1 Å². The van der Waals surface area contributed by atoms with E-state index in [0.717, 1.165) is 37.4 Å². The van der Waals surface area contributed by atoms with Crippen LogP contribution < -0.4 is 27.4 Å². The molecule has 3 saturated carbocycles. The second kappa shape index (κ2) is 12.7. The van der Waals surface area contributed by atoms with Gasteiger partial charge in [-0.3, -0.25) is 10.1 Å². The highest BCUT2D eigenvalue weighted by Crippen LogP contribution is 2.28. The van der Waals surface area contributed by atoms with Crippen molar-refractivity contribution in [1.82, 2.24) is 16.0 Å². The Morgan fingerprint density at radius 2 is 1.41 bits per heavy atom. The molecule has 0 radical (unpaired) electrons. The van der Waals surface area contributed by atoms with Gasteiger partial charge in [0.1, 0.15) is 0 Å². The van der Waals surface area contributed by atoms with E-state index in [-0.39, 0.29) is 5.91 Å². The number of rotatable bonds is 6. The minimum atomic E-state index is -0.158. The normalized spacial score (nSPS) is 16.9. The number of benzene rings is 1. The quantitative estimate of drug-likeness (QED) is 0.437. The number of hydrogen-bond acceptors (Lipinski definition) is 4. The van der Waals surface area contributed by atoms with E-state index in [1.807, 2.05) is 18.2 Å². The number of carbonyl (C=O) groups is 1. The fourth-order valence-electron chi connectivity index (χ4n) is 2.29. The van der Waals surface area contributed by atoms with Crippen molar-refractivity contribution in [2.75, 3.05) is 19.6 Å². The van der Waals surface area contributed by atoms with Gasteiger partial charge < -0.3 is 22.1 Å². The van der Waals surface area contributed by atoms with Gasteiger partial charge in [-0.25, -0.2) is 0 Å². The number of carbonyl (C=O) groups excluding carboxylic acids is 1. The van der Waals surface area contributed by atoms with Gasteiger partial charge in [-0.15, -0.1) is 0 Å². The maximum absolute atomic E-state index is 11.7. The maximum atomic E-state index is 11.7. The van der Waals surface area contributed by atoms with Crippen LogP contribution in [0.4, 0.5) is 0 Å². The first kappa shape index (κ1) is 23.5. The van der Waals surface area contributed by atoms with Crippen LogP contribution in [0.1, 0.15) is 48.9 Å². The number of thiocarbonyl (C=S) groups is 2. The van der Waals surface area contributed by atoms with Gasteiger partial charge in [0, 0.05) is 18.7 Å². The number of nitrogens with one attached hydrogen (secondary N) is 3. The fraction of sp³-hybridized carbons (Fsp3) is 0.571. The summed E-state index contributed by atoms with van der Waals surface area (Å²) in [5.41, 5.74) is 11.0. The Morgan fingerprint density at radius 1 is 0.897 bits per heavy atom. The standard InChI is InChI=1S/C12H14N2OS.C5H10N2S.C4H9N/c15-11(10-4-2-1-3-5-10)14-12(16)13-8-9-6-7-9;6-5(8)7-3-4-1-2-4;5-3-4-1-2-4/h1-5,9H,6-8H2,(H2,13,14,15,16);4H,1-3H2,(H3,6,7,8);4H,1-3,5H2. The van der Waals surface area contributed by atoms with Crippen molar-refractivity contribution in [2.45, 2.75) is 38.5 Å². The molecule has 8 heteroatoms. The van der Waals surface area contributed by atoms with Crippen LogP contribution in [0.15, 0.2) is 30.3 Å². The van der Waals surface area contributed by atoms with Gasteiger partial charge in [-0.1, -0.05) is 18.2 Å². The topological polar surface area (TPSA) is 105 Å². The van der Waals surface area contributed by atoms with Crippen LogP contribution in [0.2, 0.25) is 0 Å². The second-order valence-corrected chi connectivity index (χ2v) is 8.69. The summed E-state index contributed by atoms with van der Waals surface area (Å²) in [5.74, 6) is 2.35. The zero-order chi connectivity index (χ0) is 21.1. The molecular formula is C21H33N5OS2. The molecule has 3 aliphatic carbocycles. The molecule has 6 nitrogen and oxygen atoms in total. The van der Waals surface area contributed by atoms with Crippen molar-refractivity contribution >= 4 is 40.6 Å². The Balaban J connectivity index is 0.000000190. The first-order valence-corrected chi connectivity index (χ1v) is 11.2. The minimum absolute atomic E-state index is 0.158. The number of amides is 1. The summed E-state index contributed by atoms with van der Waals surface area (Å²) >= 11 is 9.64. The van der Waals surface area contributed by atoms with Gasteiger partial charge in [-0.2, -0.15) is 0 Å². The summed E-state index contributed by atoms with van der Waals surface area (Å²) in [7, 11) is 0. The molecule has 1 amide bonds. The van der Waals surface area contributed by atoms with Crippen LogP contribution in [0.3, 0.4) is 0 Å². The van der Waals surface area contributed by atoms with Gasteiger partial charge in [0.05, 0.1) is 0 Å². The average Bonchev–Trinajstić information content (AvgIpc) is 3.60. The molecule has 1 aromatic carbocycles. The highest BCUT2D eigenvalue weighted by molar-refractivity contribution is 7.80. The molecule has 1 aromatic rings. The van der Waals surface area contributed by atoms with Crippen molar-refractivity contribution in [2.24, 2.45) is 29.2 Å². The van der Waals surface area contributed by atoms with Crippen molar-refractivity contribution in [1.29, 1.82) is 0 Å². The van der Waals surface area contributed by atoms with Gasteiger partial charge in [0.25, 0.3) is 5.91 Å². The molecule has 160 valence electrons. The van der Waals surface area contributed by atoms with E-state index in [9.17, 15) is 4.79 Å². The molecule has 4 rings (SSSR count). The monoisotopic (exact) mass is 435 g/mol. The summed E-state index contributed by atoms with van der Waals surface area (Å²) in [5, 5.41) is 9.47. The first-order valence-electron chi connectivity index (χ1n) is 10.4. The summed E-state index contributed by atoms with van der Waals surface area (Å²) in [4.78, 5) is 11.7. The Morgan fingerprint density at radius 3 is 1.83 bits per heavy atom. The number of hydrogen-bond donors (Lipinski definition) is 5. The van der Waals surface area contributed by atoms with E-state index in [2.05, 4.69) is 28.2 Å². The minimum Gasteiger partial charge on any atom is -0.376 e. The summed E-state index contributed by atoms with van der Waals surface area (Å²) in [6.45, 7) is 2.77. The third-order valence-corrected chi connectivity index (χ3v) is 5.19. The van der Waals surface area contributed by atoms with Crippen LogP contribution in [-0.2, 0) is 0 Å². The molecule has 0 bridgehead atoms. The molecular weight excluding hydrogens is 402 g/mol. The summed E-state index contributed by atoms with van der Waals surface area (Å²) in [6, 6.07) is 9.06. The SMILES string of the molecule is NC(=S)NCC1CC1.NCC1CC1.O=C(NC(=S)NCC1CC1)c1ccccc1. The summed E-state index contributed by atoms with van der Waals surface area (Å²) < 4.78 is 0. The summed E-state index contributed by atoms with van der Waals surface area (Å²) in [6.07, 6.45) is 7.99. The van der Waals surface area contributed by atoms with Crippen LogP contribution >= 0.6 is 24.4 Å². The lowest BCUT2D eigenvalue weighted by Gasteiger charge is -2.08. The van der Waals surface area contributed by atoms with Crippen molar-refractivity contribution in [3.8, 4) is 0 Å². The molecule has 0 aromatic heterocycles. The van der Waals surface area contributed by atoms with Gasteiger partial charge in [-0.05, 0) is 99.4 Å². The van der Waals surface area contributed by atoms with Gasteiger partial charge >= 0.3 is 0 Å². The second-order valence-electron chi connectivity index (χ2n) is 7.84. The van der Waals surface area contributed by atoms with Crippen LogP contribution in [0, 0.1) is 17.8 Å². The molecule has 0 saturated heterocycles. The first-order chi connectivity index (χ1) is 14.0. The van der Waals surface area contributed by atoms with Crippen molar-refractivity contribution < 1.29 is 4.79 Å². The smallest absolute Gasteiger partial charge is 0.257 e. The zero-order valence-electron chi connectivity index (χ0n) is 16.9. The molecule has 0 aliphatic heterocycles. The highest BCUT2D eigenvalue weighted by Gasteiger charge is 2.21. The van der Waals surface area contributed by atoms with Gasteiger partial charge in [0.15, 0.2) is 10.2 Å². The Hall–Kier alpha value is -1.77.